The number of hydrogen-bond donors (Lipinski definition) is 1. The van der Waals surface area contributed by atoms with Gasteiger partial charge >= 0.3 is 0 Å². The molecule has 1 spiro atoms. The third-order valence-corrected chi connectivity index (χ3v) is 11.2. The molecule has 4 aliphatic rings. The van der Waals surface area contributed by atoms with E-state index in [9.17, 15) is 9.59 Å². The Hall–Kier alpha value is -3.96. The zero-order valence-electron chi connectivity index (χ0n) is 27.9. The van der Waals surface area contributed by atoms with Gasteiger partial charge in [-0.3, -0.25) is 14.5 Å². The molecule has 2 aromatic carbocycles. The van der Waals surface area contributed by atoms with Crippen molar-refractivity contribution >= 4 is 40.7 Å². The van der Waals surface area contributed by atoms with Crippen LogP contribution in [0.1, 0.15) is 40.4 Å². The summed E-state index contributed by atoms with van der Waals surface area (Å²) in [7, 11) is 5.57. The smallest absolute Gasteiger partial charge is 0.291 e. The maximum atomic E-state index is 13.4. The second-order valence-corrected chi connectivity index (χ2v) is 14.9. The molecule has 1 aliphatic carbocycles. The number of pyridine rings is 1. The molecule has 2 saturated heterocycles. The van der Waals surface area contributed by atoms with Gasteiger partial charge in [-0.05, 0) is 32.0 Å². The van der Waals surface area contributed by atoms with Crippen LogP contribution < -0.4 is 10.1 Å². The number of halogens is 2. The van der Waals surface area contributed by atoms with Crippen LogP contribution in [-0.4, -0.2) is 87.9 Å². The summed E-state index contributed by atoms with van der Waals surface area (Å²) in [4.78, 5) is 41.9. The number of likely N-dealkylation sites (N-methyl/N-ethyl adjacent to an activating group) is 1. The van der Waals surface area contributed by atoms with Gasteiger partial charge in [0.05, 0.1) is 34.2 Å². The molecule has 3 aliphatic heterocycles. The molecule has 8 rings (SSSR count). The topological polar surface area (TPSA) is 95.8 Å². The molecular weight excluding hydrogens is 661 g/mol. The maximum absolute atomic E-state index is 13.4. The lowest BCUT2D eigenvalue weighted by Crippen LogP contribution is -2.72. The molecule has 4 aromatic rings. The zero-order chi connectivity index (χ0) is 34.0. The van der Waals surface area contributed by atoms with Crippen molar-refractivity contribution in [1.29, 1.82) is 0 Å². The zero-order valence-corrected chi connectivity index (χ0v) is 29.4. The lowest BCUT2D eigenvalue weighted by atomic mass is 9.72. The number of aromatic nitrogens is 3. The van der Waals surface area contributed by atoms with E-state index in [1.807, 2.05) is 52.9 Å². The summed E-state index contributed by atoms with van der Waals surface area (Å²) in [5, 5.41) is 3.85. The van der Waals surface area contributed by atoms with Crippen LogP contribution in [-0.2, 0) is 31.4 Å². The average Bonchev–Trinajstić information content (AvgIpc) is 3.86. The first-order valence-corrected chi connectivity index (χ1v) is 17.6. The maximum Gasteiger partial charge on any atom is 0.291 e. The molecule has 0 atom stereocenters. The van der Waals surface area contributed by atoms with E-state index < -0.39 is 0 Å². The highest BCUT2D eigenvalue weighted by Gasteiger charge is 2.54. The first-order chi connectivity index (χ1) is 23.6. The minimum absolute atomic E-state index is 0.246. The summed E-state index contributed by atoms with van der Waals surface area (Å²) in [5.41, 5.74) is 6.59. The lowest BCUT2D eigenvalue weighted by molar-refractivity contribution is -0.161. The summed E-state index contributed by atoms with van der Waals surface area (Å²) in [6, 6.07) is 15.3. The number of hydrogen-bond acceptors (Lipinski definition) is 7. The lowest BCUT2D eigenvalue weighted by Gasteiger charge is -2.60. The number of carbonyl (C=O) groups excluding carboxylic acids is 2. The van der Waals surface area contributed by atoms with E-state index in [-0.39, 0.29) is 17.2 Å². The molecule has 5 heterocycles. The van der Waals surface area contributed by atoms with Crippen LogP contribution in [0.4, 0.5) is 5.69 Å². The summed E-state index contributed by atoms with van der Waals surface area (Å²) >= 11 is 14.0. The van der Waals surface area contributed by atoms with E-state index in [4.69, 9.17) is 32.9 Å². The summed E-state index contributed by atoms with van der Waals surface area (Å²) in [6.07, 6.45) is 2.96. The normalized spacial score (nSPS) is 18.5. The van der Waals surface area contributed by atoms with Gasteiger partial charge in [-0.15, -0.1) is 0 Å². The van der Waals surface area contributed by atoms with E-state index in [1.54, 1.807) is 13.2 Å². The number of ether oxygens (including phenoxy) is 1. The van der Waals surface area contributed by atoms with E-state index in [2.05, 4.69) is 33.2 Å². The molecule has 0 unspecified atom stereocenters. The van der Waals surface area contributed by atoms with Crippen molar-refractivity contribution in [2.45, 2.75) is 32.4 Å². The van der Waals surface area contributed by atoms with Gasteiger partial charge in [0.15, 0.2) is 5.82 Å². The van der Waals surface area contributed by atoms with Crippen LogP contribution in [0.2, 0.25) is 10.0 Å². The Morgan fingerprint density at radius 1 is 0.939 bits per heavy atom. The van der Waals surface area contributed by atoms with Crippen LogP contribution in [0.25, 0.3) is 22.4 Å². The Labute approximate surface area is 296 Å². The Balaban J connectivity index is 0.980. The minimum atomic E-state index is -0.318. The van der Waals surface area contributed by atoms with E-state index in [0.717, 1.165) is 86.6 Å². The van der Waals surface area contributed by atoms with Gasteiger partial charge in [0.2, 0.25) is 11.8 Å². The van der Waals surface area contributed by atoms with Crippen molar-refractivity contribution in [2.75, 3.05) is 52.2 Å². The third-order valence-electron chi connectivity index (χ3n) is 10.4. The molecular formula is C37H39Cl2N7O3. The number of likely N-dealkylation sites (tertiary alicyclic amines) is 2. The van der Waals surface area contributed by atoms with Crippen molar-refractivity contribution in [2.24, 2.45) is 18.4 Å². The minimum Gasteiger partial charge on any atom is -0.481 e. The number of nitrogens with one attached hydrogen (secondary N) is 1. The predicted molar refractivity (Wildman–Crippen MR) is 190 cm³/mol. The molecule has 2 aromatic heterocycles. The second-order valence-electron chi connectivity index (χ2n) is 14.1. The average molecular weight is 701 g/mol. The van der Waals surface area contributed by atoms with Crippen LogP contribution in [0.15, 0.2) is 48.5 Å². The molecule has 49 heavy (non-hydrogen) atoms. The van der Waals surface area contributed by atoms with Crippen molar-refractivity contribution in [3.05, 3.63) is 81.4 Å². The number of imidazole rings is 1. The van der Waals surface area contributed by atoms with Crippen LogP contribution in [0.5, 0.6) is 5.88 Å². The van der Waals surface area contributed by atoms with Gasteiger partial charge in [0.1, 0.15) is 0 Å². The van der Waals surface area contributed by atoms with Gasteiger partial charge in [-0.25, -0.2) is 9.97 Å². The third kappa shape index (κ3) is 5.88. The summed E-state index contributed by atoms with van der Waals surface area (Å²) < 4.78 is 7.63. The van der Waals surface area contributed by atoms with E-state index in [0.29, 0.717) is 51.1 Å². The second kappa shape index (κ2) is 12.4. The van der Waals surface area contributed by atoms with E-state index in [1.165, 1.54) is 0 Å². The molecule has 2 amide bonds. The standard InChI is InChI=1S/C37H39Cl2N7O3/c1-43-15-14-30-29(17-43)40-33(44(30)2)34(47)41-28-9-5-7-25(32(28)39)24-6-4-8-26(31(24)38)27-13-12-23(35(42-27)49-3)16-45-18-37(19-45)20-46(21-37)36(48)22-10-11-22/h4-9,12-13,22H,10-11,14-21H2,1-3H3,(H,41,47). The molecule has 1 N–H and O–H groups in total. The number of methoxy groups -OCH3 is 1. The highest BCUT2D eigenvalue weighted by atomic mass is 35.5. The fourth-order valence-corrected chi connectivity index (χ4v) is 8.29. The first-order valence-electron chi connectivity index (χ1n) is 16.8. The Morgan fingerprint density at radius 2 is 1.65 bits per heavy atom. The number of fused-ring (bicyclic) bond motifs is 1. The molecule has 3 fully saturated rings. The fourth-order valence-electron chi connectivity index (χ4n) is 7.69. The molecule has 254 valence electrons. The largest absolute Gasteiger partial charge is 0.481 e. The SMILES string of the molecule is COc1nc(-c2cccc(-c3cccc(NC(=O)c4nc5c(n4C)CCN(C)C5)c3Cl)c2Cl)ccc1CN1CC2(C1)CN(C(=O)C1CC1)C2. The molecule has 1 saturated carbocycles. The Kier molecular flexibility index (Phi) is 8.18. The number of benzene rings is 2. The quantitative estimate of drug-likeness (QED) is 0.250. The Bertz CT molecular complexity index is 1980. The molecule has 10 nitrogen and oxygen atoms in total. The van der Waals surface area contributed by atoms with Crippen molar-refractivity contribution in [3.63, 3.8) is 0 Å². The van der Waals surface area contributed by atoms with Crippen LogP contribution >= 0.6 is 23.2 Å². The van der Waals surface area contributed by atoms with Crippen molar-refractivity contribution in [3.8, 4) is 28.3 Å². The first kappa shape index (κ1) is 32.3. The van der Waals surface area contributed by atoms with Crippen molar-refractivity contribution < 1.29 is 14.3 Å². The monoisotopic (exact) mass is 699 g/mol. The van der Waals surface area contributed by atoms with Gasteiger partial charge in [-0.2, -0.15) is 0 Å². The number of anilines is 1. The van der Waals surface area contributed by atoms with Crippen LogP contribution in [0.3, 0.4) is 0 Å². The summed E-state index contributed by atoms with van der Waals surface area (Å²) in [6.45, 7) is 6.08. The van der Waals surface area contributed by atoms with Gasteiger partial charge < -0.3 is 24.4 Å². The van der Waals surface area contributed by atoms with Gasteiger partial charge in [0, 0.05) is 98.6 Å². The number of amides is 2. The fraction of sp³-hybridized carbons (Fsp3) is 0.405. The Morgan fingerprint density at radius 3 is 2.39 bits per heavy atom. The number of carbonyl (C=O) groups is 2. The highest BCUT2D eigenvalue weighted by molar-refractivity contribution is 6.39. The predicted octanol–water partition coefficient (Wildman–Crippen LogP) is 5.76. The van der Waals surface area contributed by atoms with Crippen molar-refractivity contribution in [1.82, 2.24) is 29.2 Å². The van der Waals surface area contributed by atoms with E-state index >= 15 is 0 Å². The highest BCUT2D eigenvalue weighted by Crippen LogP contribution is 2.44. The summed E-state index contributed by atoms with van der Waals surface area (Å²) in [5.74, 6) is 1.24. The molecule has 0 bridgehead atoms. The molecule has 12 heteroatoms. The van der Waals surface area contributed by atoms with Crippen LogP contribution in [0, 0.1) is 11.3 Å². The number of rotatable bonds is 8. The molecule has 0 radical (unpaired) electrons. The van der Waals surface area contributed by atoms with Gasteiger partial charge in [0.25, 0.3) is 5.91 Å². The number of nitrogens with zero attached hydrogens (tertiary/aromatic N) is 6. The van der Waals surface area contributed by atoms with Gasteiger partial charge in [-0.1, -0.05) is 59.6 Å².